The van der Waals surface area contributed by atoms with Gasteiger partial charge in [0.05, 0.1) is 28.4 Å². The second-order valence-electron chi connectivity index (χ2n) is 7.70. The molecule has 3 N–H and O–H groups in total. The van der Waals surface area contributed by atoms with Crippen molar-refractivity contribution in [2.24, 2.45) is 0 Å². The van der Waals surface area contributed by atoms with Crippen molar-refractivity contribution in [2.75, 3.05) is 7.05 Å². The molecule has 174 valence electrons. The molecule has 4 rings (SSSR count). The summed E-state index contributed by atoms with van der Waals surface area (Å²) in [5.41, 5.74) is 4.79. The predicted octanol–water partition coefficient (Wildman–Crippen LogP) is 3.83. The van der Waals surface area contributed by atoms with Gasteiger partial charge in [0.1, 0.15) is 5.69 Å². The number of hydrogen-bond acceptors (Lipinski definition) is 7. The maximum atomic E-state index is 12.3. The Labute approximate surface area is 196 Å². The first-order valence-electron chi connectivity index (χ1n) is 10.4. The first-order chi connectivity index (χ1) is 15.5. The molecule has 0 fully saturated rings. The highest BCUT2D eigenvalue weighted by atomic mass is 32.2. The number of hydrogen-bond donors (Lipinski definition) is 1. The molecule has 0 aliphatic heterocycles. The molecule has 33 heavy (non-hydrogen) atoms. The lowest BCUT2D eigenvalue weighted by Gasteiger charge is -2.08. The molecule has 1 unspecified atom stereocenters. The van der Waals surface area contributed by atoms with Crippen LogP contribution in [0.15, 0.2) is 64.0 Å². The van der Waals surface area contributed by atoms with Crippen molar-refractivity contribution in [1.29, 1.82) is 0 Å². The van der Waals surface area contributed by atoms with E-state index in [1.54, 1.807) is 6.20 Å². The fourth-order valence-corrected chi connectivity index (χ4v) is 4.23. The van der Waals surface area contributed by atoms with E-state index >= 15 is 0 Å². The molecule has 0 bridgehead atoms. The molecule has 0 saturated carbocycles. The van der Waals surface area contributed by atoms with Gasteiger partial charge in [-0.1, -0.05) is 38.1 Å². The Morgan fingerprint density at radius 1 is 1.06 bits per heavy atom. The van der Waals surface area contributed by atoms with E-state index in [-0.39, 0.29) is 12.2 Å². The van der Waals surface area contributed by atoms with Crippen molar-refractivity contribution < 1.29 is 15.5 Å². The standard InChI is InChI=1S/C24H25N5O2S.H2O.H2/c1-15(2)32(30)20-10-8-18(9-11-20)21-14-26-16(3)22(27-21)24-29-28-23(31-24)19-7-5-6-17(12-19)13-25-4;;/h5-12,14-15,25H,13H2,1-4H3;1H2;1H. The summed E-state index contributed by atoms with van der Waals surface area (Å²) in [7, 11) is 0.876. The van der Waals surface area contributed by atoms with Crippen LogP contribution in [0.4, 0.5) is 0 Å². The normalized spacial score (nSPS) is 11.9. The summed E-state index contributed by atoms with van der Waals surface area (Å²) in [5, 5.41) is 11.6. The zero-order valence-corrected chi connectivity index (χ0v) is 19.8. The third kappa shape index (κ3) is 5.39. The van der Waals surface area contributed by atoms with Crippen LogP contribution >= 0.6 is 0 Å². The predicted molar refractivity (Wildman–Crippen MR) is 131 cm³/mol. The minimum Gasteiger partial charge on any atom is -0.415 e. The Morgan fingerprint density at radius 2 is 1.79 bits per heavy atom. The Kier molecular flexibility index (Phi) is 7.80. The molecule has 0 amide bonds. The second kappa shape index (κ2) is 10.6. The third-order valence-electron chi connectivity index (χ3n) is 4.95. The van der Waals surface area contributed by atoms with E-state index < -0.39 is 10.8 Å². The molecule has 0 aliphatic carbocycles. The highest BCUT2D eigenvalue weighted by Gasteiger charge is 2.17. The van der Waals surface area contributed by atoms with Crippen LogP contribution in [0.3, 0.4) is 0 Å². The molecule has 9 heteroatoms. The molecule has 0 saturated heterocycles. The smallest absolute Gasteiger partial charge is 0.268 e. The second-order valence-corrected chi connectivity index (χ2v) is 9.71. The van der Waals surface area contributed by atoms with Gasteiger partial charge in [0.15, 0.2) is 0 Å². The van der Waals surface area contributed by atoms with Gasteiger partial charge in [0.25, 0.3) is 5.89 Å². The van der Waals surface area contributed by atoms with Crippen molar-refractivity contribution in [1.82, 2.24) is 25.5 Å². The lowest BCUT2D eigenvalue weighted by Crippen LogP contribution is -2.05. The molecule has 8 nitrogen and oxygen atoms in total. The Hall–Kier alpha value is -3.27. The summed E-state index contributed by atoms with van der Waals surface area (Å²) in [5.74, 6) is 0.758. The van der Waals surface area contributed by atoms with Crippen molar-refractivity contribution >= 4 is 10.8 Å². The van der Waals surface area contributed by atoms with Crippen LogP contribution in [-0.4, -0.2) is 42.1 Å². The highest BCUT2D eigenvalue weighted by molar-refractivity contribution is 7.85. The summed E-state index contributed by atoms with van der Waals surface area (Å²) in [6.45, 7) is 6.50. The van der Waals surface area contributed by atoms with Crippen molar-refractivity contribution in [3.05, 3.63) is 66.0 Å². The maximum absolute atomic E-state index is 12.3. The Balaban J connectivity index is 0.00000204. The average Bonchev–Trinajstić information content (AvgIpc) is 3.29. The molecular weight excluding hydrogens is 438 g/mol. The van der Waals surface area contributed by atoms with Crippen LogP contribution in [0.25, 0.3) is 34.3 Å². The van der Waals surface area contributed by atoms with Crippen molar-refractivity contribution in [2.45, 2.75) is 37.5 Å². The van der Waals surface area contributed by atoms with Gasteiger partial charge in [0.2, 0.25) is 5.89 Å². The first-order valence-corrected chi connectivity index (χ1v) is 11.6. The van der Waals surface area contributed by atoms with Crippen LogP contribution < -0.4 is 5.32 Å². The van der Waals surface area contributed by atoms with Gasteiger partial charge in [0, 0.05) is 29.2 Å². The molecule has 2 aromatic carbocycles. The van der Waals surface area contributed by atoms with E-state index in [1.807, 2.05) is 76.3 Å². The molecule has 0 aliphatic rings. The van der Waals surface area contributed by atoms with Crippen LogP contribution in [0.5, 0.6) is 0 Å². The third-order valence-corrected chi connectivity index (χ3v) is 6.54. The molecular formula is C24H29N5O3S. The van der Waals surface area contributed by atoms with Crippen LogP contribution in [0, 0.1) is 6.92 Å². The fraction of sp³-hybridized carbons (Fsp3) is 0.250. The summed E-state index contributed by atoms with van der Waals surface area (Å²) in [6.07, 6.45) is 1.71. The van der Waals surface area contributed by atoms with E-state index in [2.05, 4.69) is 20.5 Å². The number of aromatic nitrogens is 4. The van der Waals surface area contributed by atoms with Crippen LogP contribution in [0.2, 0.25) is 0 Å². The van der Waals surface area contributed by atoms with Gasteiger partial charge in [-0.25, -0.2) is 4.98 Å². The largest absolute Gasteiger partial charge is 0.415 e. The molecule has 4 aromatic rings. The average molecular weight is 468 g/mol. The number of benzene rings is 2. The summed E-state index contributed by atoms with van der Waals surface area (Å²) in [6, 6.07) is 15.5. The van der Waals surface area contributed by atoms with Gasteiger partial charge in [-0.05, 0) is 43.8 Å². The van der Waals surface area contributed by atoms with Crippen molar-refractivity contribution in [3.63, 3.8) is 0 Å². The number of nitrogens with zero attached hydrogens (tertiary/aromatic N) is 4. The maximum Gasteiger partial charge on any atom is 0.268 e. The quantitative estimate of drug-likeness (QED) is 0.438. The van der Waals surface area contributed by atoms with Gasteiger partial charge >= 0.3 is 0 Å². The van der Waals surface area contributed by atoms with Gasteiger partial charge in [-0.2, -0.15) is 0 Å². The Morgan fingerprint density at radius 3 is 2.48 bits per heavy atom. The Bertz CT molecular complexity index is 1260. The van der Waals surface area contributed by atoms with Crippen molar-refractivity contribution in [3.8, 4) is 34.3 Å². The zero-order valence-electron chi connectivity index (χ0n) is 19.0. The summed E-state index contributed by atoms with van der Waals surface area (Å²) < 4.78 is 18.3. The molecule has 0 radical (unpaired) electrons. The van der Waals surface area contributed by atoms with E-state index in [4.69, 9.17) is 9.40 Å². The van der Waals surface area contributed by atoms with E-state index in [1.165, 1.54) is 0 Å². The van der Waals surface area contributed by atoms with Gasteiger partial charge in [-0.3, -0.25) is 9.19 Å². The molecule has 2 aromatic heterocycles. The number of aryl methyl sites for hydroxylation is 1. The molecule has 1 atom stereocenters. The van der Waals surface area contributed by atoms with Crippen LogP contribution in [0.1, 0.15) is 26.5 Å². The number of nitrogens with one attached hydrogen (secondary N) is 1. The lowest BCUT2D eigenvalue weighted by molar-refractivity contribution is 0.581. The minimum atomic E-state index is -1.03. The monoisotopic (exact) mass is 467 g/mol. The highest BCUT2D eigenvalue weighted by Crippen LogP contribution is 2.27. The fourth-order valence-electron chi connectivity index (χ4n) is 3.28. The molecule has 0 spiro atoms. The van der Waals surface area contributed by atoms with E-state index in [0.29, 0.717) is 28.9 Å². The van der Waals surface area contributed by atoms with E-state index in [9.17, 15) is 4.21 Å². The zero-order chi connectivity index (χ0) is 22.7. The minimum absolute atomic E-state index is 0. The summed E-state index contributed by atoms with van der Waals surface area (Å²) in [4.78, 5) is 10.0. The molecule has 2 heterocycles. The number of rotatable bonds is 7. The van der Waals surface area contributed by atoms with Gasteiger partial charge < -0.3 is 15.2 Å². The topological polar surface area (TPSA) is 125 Å². The SMILES string of the molecule is CNCc1cccc(-c2nnc(-c3nc(-c4ccc(S(=O)C(C)C)cc4)cnc3C)o2)c1.O.[HH]. The lowest BCUT2D eigenvalue weighted by atomic mass is 10.1. The summed E-state index contributed by atoms with van der Waals surface area (Å²) >= 11 is 0. The first kappa shape index (κ1) is 24.4. The van der Waals surface area contributed by atoms with Gasteiger partial charge in [-0.15, -0.1) is 10.2 Å². The van der Waals surface area contributed by atoms with E-state index in [0.717, 1.165) is 28.1 Å². The van der Waals surface area contributed by atoms with Crippen LogP contribution in [-0.2, 0) is 17.3 Å².